The Morgan fingerprint density at radius 1 is 1.55 bits per heavy atom. The predicted molar refractivity (Wildman–Crippen MR) is 37.5 cm³/mol. The molecular formula is C8H7NO2. The molecule has 1 aliphatic rings. The van der Waals surface area contributed by atoms with Crippen LogP contribution >= 0.6 is 0 Å². The summed E-state index contributed by atoms with van der Waals surface area (Å²) in [6.45, 7) is 0. The molecule has 0 aliphatic heterocycles. The van der Waals surface area contributed by atoms with Crippen LogP contribution in [0.2, 0.25) is 0 Å². The SMILES string of the molecule is N#CC1CC=CC(=O)C(=O)C1. The predicted octanol–water partition coefficient (Wildman–Crippen LogP) is 0.614. The van der Waals surface area contributed by atoms with Crippen LogP contribution in [-0.2, 0) is 9.59 Å². The van der Waals surface area contributed by atoms with Gasteiger partial charge in [0.25, 0.3) is 0 Å². The van der Waals surface area contributed by atoms with Gasteiger partial charge in [-0.05, 0) is 12.5 Å². The highest BCUT2D eigenvalue weighted by Crippen LogP contribution is 2.12. The Kier molecular flexibility index (Phi) is 2.17. The first-order valence-corrected chi connectivity index (χ1v) is 3.37. The Bertz CT molecular complexity index is 260. The maximum Gasteiger partial charge on any atom is 0.221 e. The van der Waals surface area contributed by atoms with E-state index in [-0.39, 0.29) is 12.3 Å². The molecule has 1 rings (SSSR count). The second-order valence-corrected chi connectivity index (χ2v) is 2.46. The van der Waals surface area contributed by atoms with Crippen LogP contribution in [0.5, 0.6) is 0 Å². The standard InChI is InChI=1S/C8H7NO2/c9-5-6-2-1-3-7(10)8(11)4-6/h1,3,6H,2,4H2. The van der Waals surface area contributed by atoms with E-state index in [2.05, 4.69) is 0 Å². The first-order valence-electron chi connectivity index (χ1n) is 3.37. The molecule has 0 saturated carbocycles. The van der Waals surface area contributed by atoms with Gasteiger partial charge in [0, 0.05) is 6.42 Å². The molecule has 0 saturated heterocycles. The van der Waals surface area contributed by atoms with Gasteiger partial charge < -0.3 is 0 Å². The molecule has 1 aliphatic carbocycles. The van der Waals surface area contributed by atoms with E-state index in [4.69, 9.17) is 5.26 Å². The maximum absolute atomic E-state index is 10.8. The molecule has 0 aromatic rings. The molecule has 0 N–H and O–H groups in total. The normalized spacial score (nSPS) is 24.5. The van der Waals surface area contributed by atoms with E-state index in [1.165, 1.54) is 6.08 Å². The van der Waals surface area contributed by atoms with E-state index < -0.39 is 11.6 Å². The number of nitriles is 1. The summed E-state index contributed by atoms with van der Waals surface area (Å²) in [5.74, 6) is -1.25. The third kappa shape index (κ3) is 1.74. The molecular weight excluding hydrogens is 142 g/mol. The fourth-order valence-electron chi connectivity index (χ4n) is 0.938. The zero-order valence-corrected chi connectivity index (χ0v) is 5.91. The summed E-state index contributed by atoms with van der Waals surface area (Å²) in [7, 11) is 0. The van der Waals surface area contributed by atoms with Crippen LogP contribution in [0.3, 0.4) is 0 Å². The van der Waals surface area contributed by atoms with Crippen molar-refractivity contribution in [2.45, 2.75) is 12.8 Å². The second kappa shape index (κ2) is 3.11. The number of allylic oxidation sites excluding steroid dienone is 2. The highest BCUT2D eigenvalue weighted by Gasteiger charge is 2.19. The minimum Gasteiger partial charge on any atom is -0.290 e. The number of hydrogen-bond acceptors (Lipinski definition) is 3. The second-order valence-electron chi connectivity index (χ2n) is 2.46. The minimum atomic E-state index is -0.484. The van der Waals surface area contributed by atoms with E-state index >= 15 is 0 Å². The molecule has 3 nitrogen and oxygen atoms in total. The summed E-state index contributed by atoms with van der Waals surface area (Å²) >= 11 is 0. The highest BCUT2D eigenvalue weighted by atomic mass is 16.2. The Morgan fingerprint density at radius 3 is 2.91 bits per heavy atom. The maximum atomic E-state index is 10.8. The third-order valence-corrected chi connectivity index (χ3v) is 1.58. The molecule has 11 heavy (non-hydrogen) atoms. The number of carbonyl (C=O) groups excluding carboxylic acids is 2. The lowest BCUT2D eigenvalue weighted by molar-refractivity contribution is -0.134. The van der Waals surface area contributed by atoms with Gasteiger partial charge in [-0.3, -0.25) is 9.59 Å². The van der Waals surface area contributed by atoms with Crippen LogP contribution in [0.25, 0.3) is 0 Å². The molecule has 0 aromatic carbocycles. The summed E-state index contributed by atoms with van der Waals surface area (Å²) in [5.41, 5.74) is 0. The van der Waals surface area contributed by atoms with Crippen molar-refractivity contribution in [3.05, 3.63) is 12.2 Å². The topological polar surface area (TPSA) is 57.9 Å². The molecule has 0 spiro atoms. The molecule has 3 heteroatoms. The van der Waals surface area contributed by atoms with E-state index in [0.717, 1.165) is 0 Å². The van der Waals surface area contributed by atoms with E-state index in [0.29, 0.717) is 6.42 Å². The van der Waals surface area contributed by atoms with Gasteiger partial charge in [-0.1, -0.05) is 6.08 Å². The quantitative estimate of drug-likeness (QED) is 0.474. The van der Waals surface area contributed by atoms with Crippen LogP contribution in [0.4, 0.5) is 0 Å². The van der Waals surface area contributed by atoms with Crippen LogP contribution in [-0.4, -0.2) is 11.6 Å². The van der Waals surface area contributed by atoms with Crippen LogP contribution in [0.1, 0.15) is 12.8 Å². The summed E-state index contributed by atoms with van der Waals surface area (Å²) in [5, 5.41) is 8.47. The van der Waals surface area contributed by atoms with Crippen molar-refractivity contribution >= 4 is 11.6 Å². The summed E-state index contributed by atoms with van der Waals surface area (Å²) in [6.07, 6.45) is 3.41. The fraction of sp³-hybridized carbons (Fsp3) is 0.375. The van der Waals surface area contributed by atoms with Crippen molar-refractivity contribution in [2.75, 3.05) is 0 Å². The summed E-state index contributed by atoms with van der Waals surface area (Å²) < 4.78 is 0. The van der Waals surface area contributed by atoms with Gasteiger partial charge in [-0.2, -0.15) is 5.26 Å². The van der Waals surface area contributed by atoms with Gasteiger partial charge in [0.15, 0.2) is 0 Å². The van der Waals surface area contributed by atoms with Crippen molar-refractivity contribution in [1.29, 1.82) is 5.26 Å². The lowest BCUT2D eigenvalue weighted by Crippen LogP contribution is -2.12. The average Bonchev–Trinajstić information content (AvgIpc) is 2.15. The van der Waals surface area contributed by atoms with Gasteiger partial charge in [0.1, 0.15) is 0 Å². The first kappa shape index (κ1) is 7.67. The van der Waals surface area contributed by atoms with Gasteiger partial charge in [-0.25, -0.2) is 0 Å². The average molecular weight is 149 g/mol. The zero-order valence-electron chi connectivity index (χ0n) is 5.91. The highest BCUT2D eigenvalue weighted by molar-refractivity contribution is 6.41. The van der Waals surface area contributed by atoms with E-state index in [1.54, 1.807) is 6.08 Å². The fourth-order valence-corrected chi connectivity index (χ4v) is 0.938. The van der Waals surface area contributed by atoms with Crippen molar-refractivity contribution in [2.24, 2.45) is 5.92 Å². The molecule has 1 atom stereocenters. The first-order chi connectivity index (χ1) is 5.24. The minimum absolute atomic E-state index is 0.0718. The third-order valence-electron chi connectivity index (χ3n) is 1.58. The van der Waals surface area contributed by atoms with Gasteiger partial charge in [0.05, 0.1) is 12.0 Å². The van der Waals surface area contributed by atoms with Gasteiger partial charge >= 0.3 is 0 Å². The van der Waals surface area contributed by atoms with E-state index in [1.807, 2.05) is 6.07 Å². The van der Waals surface area contributed by atoms with Crippen molar-refractivity contribution in [3.63, 3.8) is 0 Å². The van der Waals surface area contributed by atoms with E-state index in [9.17, 15) is 9.59 Å². The Labute approximate surface area is 64.3 Å². The number of Topliss-reactive ketones (excluding diaryl/α,β-unsaturated/α-hetero) is 1. The number of ketones is 2. The van der Waals surface area contributed by atoms with Crippen molar-refractivity contribution < 1.29 is 9.59 Å². The van der Waals surface area contributed by atoms with Crippen LogP contribution in [0.15, 0.2) is 12.2 Å². The number of carbonyl (C=O) groups is 2. The number of hydrogen-bond donors (Lipinski definition) is 0. The summed E-state index contributed by atoms with van der Waals surface area (Å²) in [6, 6.07) is 1.97. The molecule has 0 amide bonds. The molecule has 0 fully saturated rings. The largest absolute Gasteiger partial charge is 0.290 e. The lowest BCUT2D eigenvalue weighted by atomic mass is 10.0. The molecule has 0 aromatic heterocycles. The zero-order chi connectivity index (χ0) is 8.27. The molecule has 0 heterocycles. The Morgan fingerprint density at radius 2 is 2.27 bits per heavy atom. The van der Waals surface area contributed by atoms with Gasteiger partial charge in [0.2, 0.25) is 11.6 Å². The molecule has 56 valence electrons. The van der Waals surface area contributed by atoms with Crippen LogP contribution < -0.4 is 0 Å². The van der Waals surface area contributed by atoms with Crippen molar-refractivity contribution in [1.82, 2.24) is 0 Å². The monoisotopic (exact) mass is 149 g/mol. The molecule has 0 bridgehead atoms. The number of rotatable bonds is 0. The number of nitrogens with zero attached hydrogens (tertiary/aromatic N) is 1. The Hall–Kier alpha value is -1.43. The Balaban J connectivity index is 2.76. The van der Waals surface area contributed by atoms with Gasteiger partial charge in [-0.15, -0.1) is 0 Å². The molecule has 0 radical (unpaired) electrons. The molecule has 1 unspecified atom stereocenters. The smallest absolute Gasteiger partial charge is 0.221 e. The lowest BCUT2D eigenvalue weighted by Gasteiger charge is -1.97. The summed E-state index contributed by atoms with van der Waals surface area (Å²) in [4.78, 5) is 21.6. The van der Waals surface area contributed by atoms with Crippen LogP contribution in [0, 0.1) is 17.2 Å². The van der Waals surface area contributed by atoms with Crippen molar-refractivity contribution in [3.8, 4) is 6.07 Å².